The molecule has 0 aliphatic rings. The van der Waals surface area contributed by atoms with Crippen LogP contribution in [0.15, 0.2) is 39.5 Å². The molecular weight excluding hydrogens is 244 g/mol. The van der Waals surface area contributed by atoms with Gasteiger partial charge in [0, 0.05) is 18.4 Å². The minimum Gasteiger partial charge on any atom is -0.464 e. The lowest BCUT2D eigenvalue weighted by atomic mass is 10.2. The number of hydrogen-bond donors (Lipinski definition) is 1. The van der Waals surface area contributed by atoms with Crippen molar-refractivity contribution in [1.29, 1.82) is 0 Å². The van der Waals surface area contributed by atoms with E-state index in [-0.39, 0.29) is 6.61 Å². The van der Waals surface area contributed by atoms with Crippen LogP contribution in [0.1, 0.15) is 18.7 Å². The number of aliphatic hydroxyl groups excluding tert-OH is 1. The van der Waals surface area contributed by atoms with E-state index in [4.69, 9.17) is 14.0 Å². The van der Waals surface area contributed by atoms with E-state index >= 15 is 0 Å². The van der Waals surface area contributed by atoms with E-state index in [2.05, 4.69) is 10.1 Å². The highest BCUT2D eigenvalue weighted by atomic mass is 16.5. The molecule has 1 aromatic carbocycles. The van der Waals surface area contributed by atoms with Gasteiger partial charge in [-0.25, -0.2) is 0 Å². The molecule has 3 rings (SSSR count). The molecule has 0 spiro atoms. The molecular formula is C14H14N2O3. The van der Waals surface area contributed by atoms with Crippen LogP contribution in [0.25, 0.3) is 22.4 Å². The maximum Gasteiger partial charge on any atom is 0.226 e. The van der Waals surface area contributed by atoms with Crippen LogP contribution in [0.3, 0.4) is 0 Å². The SMILES string of the molecule is OCCCCc1nc(-c2coc3ccccc23)no1. The lowest BCUT2D eigenvalue weighted by Gasteiger charge is -1.91. The van der Waals surface area contributed by atoms with Crippen molar-refractivity contribution in [2.75, 3.05) is 6.61 Å². The fourth-order valence-electron chi connectivity index (χ4n) is 2.00. The molecule has 3 aromatic rings. The minimum absolute atomic E-state index is 0.188. The van der Waals surface area contributed by atoms with E-state index in [0.717, 1.165) is 29.4 Å². The highest BCUT2D eigenvalue weighted by Crippen LogP contribution is 2.28. The van der Waals surface area contributed by atoms with Gasteiger partial charge in [-0.3, -0.25) is 0 Å². The Labute approximate surface area is 109 Å². The van der Waals surface area contributed by atoms with E-state index < -0.39 is 0 Å². The highest BCUT2D eigenvalue weighted by Gasteiger charge is 2.13. The number of fused-ring (bicyclic) bond motifs is 1. The zero-order valence-electron chi connectivity index (χ0n) is 10.4. The largest absolute Gasteiger partial charge is 0.464 e. The average molecular weight is 258 g/mol. The van der Waals surface area contributed by atoms with Gasteiger partial charge >= 0.3 is 0 Å². The van der Waals surface area contributed by atoms with E-state index in [1.165, 1.54) is 0 Å². The van der Waals surface area contributed by atoms with Crippen molar-refractivity contribution >= 4 is 11.0 Å². The summed E-state index contributed by atoms with van der Waals surface area (Å²) in [6, 6.07) is 7.74. The first-order valence-corrected chi connectivity index (χ1v) is 6.28. The van der Waals surface area contributed by atoms with E-state index in [1.54, 1.807) is 6.26 Å². The summed E-state index contributed by atoms with van der Waals surface area (Å²) in [5.41, 5.74) is 1.65. The summed E-state index contributed by atoms with van der Waals surface area (Å²) in [6.45, 7) is 0.188. The summed E-state index contributed by atoms with van der Waals surface area (Å²) in [5.74, 6) is 1.14. The first-order valence-electron chi connectivity index (χ1n) is 6.28. The molecule has 19 heavy (non-hydrogen) atoms. The van der Waals surface area contributed by atoms with Gasteiger partial charge in [0.05, 0.1) is 5.56 Å². The molecule has 0 aliphatic carbocycles. The lowest BCUT2D eigenvalue weighted by Crippen LogP contribution is -1.88. The number of aliphatic hydroxyl groups is 1. The second-order valence-corrected chi connectivity index (χ2v) is 4.34. The molecule has 98 valence electrons. The van der Waals surface area contributed by atoms with Gasteiger partial charge < -0.3 is 14.0 Å². The van der Waals surface area contributed by atoms with Crippen molar-refractivity contribution in [2.45, 2.75) is 19.3 Å². The maximum absolute atomic E-state index is 8.74. The minimum atomic E-state index is 0.188. The van der Waals surface area contributed by atoms with E-state index in [0.29, 0.717) is 18.1 Å². The van der Waals surface area contributed by atoms with Crippen molar-refractivity contribution in [3.05, 3.63) is 36.4 Å². The maximum atomic E-state index is 8.74. The Morgan fingerprint density at radius 3 is 2.95 bits per heavy atom. The second-order valence-electron chi connectivity index (χ2n) is 4.34. The Balaban J connectivity index is 1.86. The summed E-state index contributed by atoms with van der Waals surface area (Å²) < 4.78 is 10.7. The fourth-order valence-corrected chi connectivity index (χ4v) is 2.00. The van der Waals surface area contributed by atoms with Crippen molar-refractivity contribution in [2.24, 2.45) is 0 Å². The summed E-state index contributed by atoms with van der Waals surface area (Å²) in [5, 5.41) is 13.7. The molecule has 5 heteroatoms. The number of nitrogens with zero attached hydrogens (tertiary/aromatic N) is 2. The number of aromatic nitrogens is 2. The standard InChI is InChI=1S/C14H14N2O3/c17-8-4-3-7-13-15-14(16-19-13)11-9-18-12-6-2-1-5-10(11)12/h1-2,5-6,9,17H,3-4,7-8H2. The van der Waals surface area contributed by atoms with E-state index in [1.807, 2.05) is 24.3 Å². The molecule has 0 radical (unpaired) electrons. The van der Waals surface area contributed by atoms with Crippen LogP contribution in [0, 0.1) is 0 Å². The summed E-state index contributed by atoms with van der Waals surface area (Å²) in [4.78, 5) is 4.36. The summed E-state index contributed by atoms with van der Waals surface area (Å²) in [7, 11) is 0. The third-order valence-corrected chi connectivity index (χ3v) is 2.99. The van der Waals surface area contributed by atoms with Crippen LogP contribution in [-0.4, -0.2) is 21.9 Å². The first-order chi connectivity index (χ1) is 9.38. The van der Waals surface area contributed by atoms with Crippen LogP contribution < -0.4 is 0 Å². The van der Waals surface area contributed by atoms with Gasteiger partial charge in [-0.15, -0.1) is 0 Å². The van der Waals surface area contributed by atoms with Gasteiger partial charge in [-0.2, -0.15) is 4.98 Å². The van der Waals surface area contributed by atoms with Crippen LogP contribution >= 0.6 is 0 Å². The van der Waals surface area contributed by atoms with Crippen molar-refractivity contribution in [3.63, 3.8) is 0 Å². The quantitative estimate of drug-likeness (QED) is 0.712. The predicted octanol–water partition coefficient (Wildman–Crippen LogP) is 2.80. The molecule has 0 atom stereocenters. The van der Waals surface area contributed by atoms with Crippen molar-refractivity contribution in [3.8, 4) is 11.4 Å². The molecule has 0 saturated heterocycles. The lowest BCUT2D eigenvalue weighted by molar-refractivity contribution is 0.281. The molecule has 2 heterocycles. The molecule has 0 amide bonds. The van der Waals surface area contributed by atoms with Crippen LogP contribution in [0.4, 0.5) is 0 Å². The molecule has 0 fully saturated rings. The Kier molecular flexibility index (Phi) is 3.29. The van der Waals surface area contributed by atoms with Crippen LogP contribution in [-0.2, 0) is 6.42 Å². The molecule has 5 nitrogen and oxygen atoms in total. The second kappa shape index (κ2) is 5.24. The zero-order chi connectivity index (χ0) is 13.1. The van der Waals surface area contributed by atoms with Gasteiger partial charge in [-0.05, 0) is 18.9 Å². The summed E-state index contributed by atoms with van der Waals surface area (Å²) in [6.07, 6.45) is 3.91. The van der Waals surface area contributed by atoms with E-state index in [9.17, 15) is 0 Å². The topological polar surface area (TPSA) is 72.3 Å². The predicted molar refractivity (Wildman–Crippen MR) is 69.5 cm³/mol. The van der Waals surface area contributed by atoms with Gasteiger partial charge in [0.15, 0.2) is 0 Å². The smallest absolute Gasteiger partial charge is 0.226 e. The van der Waals surface area contributed by atoms with Gasteiger partial charge in [0.25, 0.3) is 0 Å². The summed E-state index contributed by atoms with van der Waals surface area (Å²) >= 11 is 0. The Morgan fingerprint density at radius 1 is 1.16 bits per heavy atom. The Hall–Kier alpha value is -2.14. The number of rotatable bonds is 5. The van der Waals surface area contributed by atoms with Gasteiger partial charge in [0.1, 0.15) is 11.8 Å². The number of benzene rings is 1. The van der Waals surface area contributed by atoms with Gasteiger partial charge in [0.2, 0.25) is 11.7 Å². The zero-order valence-corrected chi connectivity index (χ0v) is 10.4. The molecule has 0 bridgehead atoms. The molecule has 0 saturated carbocycles. The average Bonchev–Trinajstić information content (AvgIpc) is 3.05. The van der Waals surface area contributed by atoms with Crippen LogP contribution in [0.2, 0.25) is 0 Å². The van der Waals surface area contributed by atoms with Crippen molar-refractivity contribution in [1.82, 2.24) is 10.1 Å². The Morgan fingerprint density at radius 2 is 2.05 bits per heavy atom. The number of unbranched alkanes of at least 4 members (excludes halogenated alkanes) is 1. The van der Waals surface area contributed by atoms with Crippen LogP contribution in [0.5, 0.6) is 0 Å². The third kappa shape index (κ3) is 2.37. The Bertz CT molecular complexity index is 672. The van der Waals surface area contributed by atoms with Crippen molar-refractivity contribution < 1.29 is 14.0 Å². The van der Waals surface area contributed by atoms with Gasteiger partial charge in [-0.1, -0.05) is 23.4 Å². The third-order valence-electron chi connectivity index (χ3n) is 2.99. The molecule has 1 N–H and O–H groups in total. The number of para-hydroxylation sites is 1. The molecule has 0 unspecified atom stereocenters. The molecule has 2 aromatic heterocycles. The molecule has 0 aliphatic heterocycles. The number of aryl methyl sites for hydroxylation is 1. The normalized spacial score (nSPS) is 11.2. The monoisotopic (exact) mass is 258 g/mol. The number of furan rings is 1. The first kappa shape index (κ1) is 11.9. The fraction of sp³-hybridized carbons (Fsp3) is 0.286. The highest BCUT2D eigenvalue weighted by molar-refractivity contribution is 5.91. The number of hydrogen-bond acceptors (Lipinski definition) is 5.